The van der Waals surface area contributed by atoms with Gasteiger partial charge in [-0.15, -0.1) is 0 Å². The lowest BCUT2D eigenvalue weighted by Crippen LogP contribution is -2.46. The van der Waals surface area contributed by atoms with Gasteiger partial charge in [0.15, 0.2) is 15.6 Å². The van der Waals surface area contributed by atoms with Crippen LogP contribution in [0, 0.1) is 5.92 Å². The number of rotatable bonds is 3. The first-order valence-electron chi connectivity index (χ1n) is 6.32. The Kier molecular flexibility index (Phi) is 4.08. The second-order valence-corrected chi connectivity index (χ2v) is 7.51. The molecule has 2 saturated heterocycles. The minimum absolute atomic E-state index is 0.160. The Labute approximate surface area is 108 Å². The summed E-state index contributed by atoms with van der Waals surface area (Å²) in [5.41, 5.74) is -0.256. The predicted molar refractivity (Wildman–Crippen MR) is 66.2 cm³/mol. The summed E-state index contributed by atoms with van der Waals surface area (Å²) in [7, 11) is -3.23. The van der Waals surface area contributed by atoms with Crippen LogP contribution in [0.1, 0.15) is 25.7 Å². The fraction of sp³-hybridized carbons (Fsp3) is 0.917. The first-order chi connectivity index (χ1) is 8.40. The average Bonchev–Trinajstić information content (AvgIpc) is 2.28. The van der Waals surface area contributed by atoms with Gasteiger partial charge in [0.2, 0.25) is 0 Å². The molecule has 18 heavy (non-hydrogen) atoms. The molecular weight excluding hydrogens is 256 g/mol. The molecule has 0 N–H and O–H groups in total. The Bertz CT molecular complexity index is 403. The van der Waals surface area contributed by atoms with E-state index < -0.39 is 9.84 Å². The first kappa shape index (κ1) is 14.0. The first-order valence-corrected chi connectivity index (χ1v) is 8.38. The second-order valence-electron chi connectivity index (χ2n) is 5.37. The summed E-state index contributed by atoms with van der Waals surface area (Å²) < 4.78 is 33.5. The quantitative estimate of drug-likeness (QED) is 0.754. The Balaban J connectivity index is 2.00. The van der Waals surface area contributed by atoms with Crippen LogP contribution in [-0.2, 0) is 24.1 Å². The number of hydrogen-bond donors (Lipinski definition) is 0. The number of Topliss-reactive ketones (excluding diaryl/α,β-unsaturated/α-hetero) is 1. The van der Waals surface area contributed by atoms with E-state index in [1.807, 2.05) is 0 Å². The van der Waals surface area contributed by atoms with E-state index in [0.29, 0.717) is 32.7 Å². The maximum absolute atomic E-state index is 12.0. The lowest BCUT2D eigenvalue weighted by Gasteiger charge is -2.42. The fourth-order valence-corrected chi connectivity index (χ4v) is 3.52. The standard InChI is InChI=1S/C12H20O5S/c1-18(14,15)9-11(13)10-2-5-17-12(8-10)3-6-16-7-4-12/h10H,2-9H2,1H3. The predicted octanol–water partition coefficient (Wildman–Crippen LogP) is 0.576. The minimum Gasteiger partial charge on any atom is -0.381 e. The van der Waals surface area contributed by atoms with E-state index in [1.54, 1.807) is 0 Å². The zero-order chi connectivity index (χ0) is 13.2. The maximum atomic E-state index is 12.0. The van der Waals surface area contributed by atoms with Gasteiger partial charge in [-0.3, -0.25) is 4.79 Å². The van der Waals surface area contributed by atoms with Gasteiger partial charge in [-0.2, -0.15) is 0 Å². The van der Waals surface area contributed by atoms with Crippen molar-refractivity contribution in [2.75, 3.05) is 31.8 Å². The Morgan fingerprint density at radius 3 is 2.56 bits per heavy atom. The van der Waals surface area contributed by atoms with Crippen LogP contribution >= 0.6 is 0 Å². The fourth-order valence-electron chi connectivity index (χ4n) is 2.77. The Morgan fingerprint density at radius 1 is 1.28 bits per heavy atom. The largest absolute Gasteiger partial charge is 0.381 e. The van der Waals surface area contributed by atoms with E-state index in [2.05, 4.69) is 0 Å². The summed E-state index contributed by atoms with van der Waals surface area (Å²) in [5, 5.41) is 0. The molecule has 104 valence electrons. The van der Waals surface area contributed by atoms with E-state index in [4.69, 9.17) is 9.47 Å². The molecule has 2 heterocycles. The molecule has 1 spiro atoms. The van der Waals surface area contributed by atoms with Gasteiger partial charge in [-0.1, -0.05) is 0 Å². The molecule has 0 aromatic carbocycles. The van der Waals surface area contributed by atoms with Crippen molar-refractivity contribution in [2.24, 2.45) is 5.92 Å². The molecule has 6 heteroatoms. The summed E-state index contributed by atoms with van der Waals surface area (Å²) >= 11 is 0. The molecule has 1 unspecified atom stereocenters. The van der Waals surface area contributed by atoms with Crippen molar-refractivity contribution in [1.29, 1.82) is 0 Å². The van der Waals surface area contributed by atoms with Gasteiger partial charge in [-0.05, 0) is 25.7 Å². The summed E-state index contributed by atoms with van der Waals surface area (Å²) in [6, 6.07) is 0. The molecule has 2 rings (SSSR count). The van der Waals surface area contributed by atoms with Crippen LogP contribution in [0.2, 0.25) is 0 Å². The van der Waals surface area contributed by atoms with Crippen LogP contribution in [0.4, 0.5) is 0 Å². The maximum Gasteiger partial charge on any atom is 0.154 e. The molecule has 0 aromatic rings. The molecule has 2 aliphatic heterocycles. The van der Waals surface area contributed by atoms with Crippen molar-refractivity contribution in [1.82, 2.24) is 0 Å². The average molecular weight is 276 g/mol. The zero-order valence-electron chi connectivity index (χ0n) is 10.7. The molecule has 0 aliphatic carbocycles. The van der Waals surface area contributed by atoms with Crippen molar-refractivity contribution >= 4 is 15.6 Å². The van der Waals surface area contributed by atoms with E-state index in [-0.39, 0.29) is 23.1 Å². The van der Waals surface area contributed by atoms with E-state index in [0.717, 1.165) is 19.1 Å². The van der Waals surface area contributed by atoms with E-state index in [9.17, 15) is 13.2 Å². The van der Waals surface area contributed by atoms with Gasteiger partial charge in [-0.25, -0.2) is 8.42 Å². The highest BCUT2D eigenvalue weighted by molar-refractivity contribution is 7.91. The van der Waals surface area contributed by atoms with Crippen LogP contribution in [0.25, 0.3) is 0 Å². The highest BCUT2D eigenvalue weighted by atomic mass is 32.2. The van der Waals surface area contributed by atoms with Gasteiger partial charge in [0.25, 0.3) is 0 Å². The third-order valence-corrected chi connectivity index (χ3v) is 4.57. The van der Waals surface area contributed by atoms with Gasteiger partial charge in [0, 0.05) is 32.0 Å². The molecule has 0 saturated carbocycles. The number of ether oxygens (including phenoxy) is 2. The summed E-state index contributed by atoms with van der Waals surface area (Å²) in [6.07, 6.45) is 3.99. The monoisotopic (exact) mass is 276 g/mol. The van der Waals surface area contributed by atoms with Crippen LogP contribution in [0.15, 0.2) is 0 Å². The molecular formula is C12H20O5S. The van der Waals surface area contributed by atoms with Crippen LogP contribution in [0.5, 0.6) is 0 Å². The number of sulfone groups is 1. The topological polar surface area (TPSA) is 69.7 Å². The van der Waals surface area contributed by atoms with E-state index >= 15 is 0 Å². The van der Waals surface area contributed by atoms with Gasteiger partial charge < -0.3 is 9.47 Å². The minimum atomic E-state index is -3.23. The van der Waals surface area contributed by atoms with Crippen molar-refractivity contribution in [3.05, 3.63) is 0 Å². The molecule has 2 aliphatic rings. The number of carbonyl (C=O) groups is 1. The summed E-state index contributed by atoms with van der Waals surface area (Å²) in [6.45, 7) is 1.86. The molecule has 2 fully saturated rings. The third-order valence-electron chi connectivity index (χ3n) is 3.76. The van der Waals surface area contributed by atoms with Gasteiger partial charge in [0.05, 0.1) is 5.60 Å². The molecule has 0 radical (unpaired) electrons. The van der Waals surface area contributed by atoms with Crippen LogP contribution in [0.3, 0.4) is 0 Å². The van der Waals surface area contributed by atoms with E-state index in [1.165, 1.54) is 0 Å². The van der Waals surface area contributed by atoms with Crippen LogP contribution in [-0.4, -0.2) is 51.6 Å². The zero-order valence-corrected chi connectivity index (χ0v) is 11.5. The van der Waals surface area contributed by atoms with Crippen molar-refractivity contribution in [3.63, 3.8) is 0 Å². The molecule has 1 atom stereocenters. The highest BCUT2D eigenvalue weighted by Gasteiger charge is 2.41. The number of hydrogen-bond acceptors (Lipinski definition) is 5. The van der Waals surface area contributed by atoms with Gasteiger partial charge in [0.1, 0.15) is 5.75 Å². The lowest BCUT2D eigenvalue weighted by molar-refractivity contribution is -0.155. The molecule has 0 bridgehead atoms. The number of carbonyl (C=O) groups excluding carboxylic acids is 1. The van der Waals surface area contributed by atoms with Crippen molar-refractivity contribution in [2.45, 2.75) is 31.3 Å². The normalized spacial score (nSPS) is 28.2. The number of ketones is 1. The molecule has 5 nitrogen and oxygen atoms in total. The summed E-state index contributed by atoms with van der Waals surface area (Å²) in [4.78, 5) is 12.0. The summed E-state index contributed by atoms with van der Waals surface area (Å²) in [5.74, 6) is -0.678. The molecule has 0 aromatic heterocycles. The van der Waals surface area contributed by atoms with Crippen LogP contribution < -0.4 is 0 Å². The molecule has 0 amide bonds. The highest BCUT2D eigenvalue weighted by Crippen LogP contribution is 2.37. The van der Waals surface area contributed by atoms with Crippen molar-refractivity contribution < 1.29 is 22.7 Å². The Hall–Kier alpha value is -0.460. The lowest BCUT2D eigenvalue weighted by atomic mass is 9.79. The SMILES string of the molecule is CS(=O)(=O)CC(=O)C1CCOC2(CCOCC2)C1. The van der Waals surface area contributed by atoms with Gasteiger partial charge >= 0.3 is 0 Å². The Morgan fingerprint density at radius 2 is 1.94 bits per heavy atom. The van der Waals surface area contributed by atoms with Crippen molar-refractivity contribution in [3.8, 4) is 0 Å². The third kappa shape index (κ3) is 3.52. The smallest absolute Gasteiger partial charge is 0.154 e. The second kappa shape index (κ2) is 5.27.